The molecule has 0 saturated heterocycles. The van der Waals surface area contributed by atoms with Crippen LogP contribution in [-0.4, -0.2) is 212 Å². The van der Waals surface area contributed by atoms with Gasteiger partial charge < -0.3 is 78.3 Å². The van der Waals surface area contributed by atoms with Crippen LogP contribution in [0.2, 0.25) is 50.2 Å². The molecular formula is C71H84Cl10N22O12. The molecule has 5 aromatic carbocycles. The fourth-order valence-corrected chi connectivity index (χ4v) is 11.3. The van der Waals surface area contributed by atoms with Crippen LogP contribution >= 0.6 is 116 Å². The van der Waals surface area contributed by atoms with Gasteiger partial charge in [0.25, 0.3) is 11.9 Å². The van der Waals surface area contributed by atoms with Gasteiger partial charge in [0.05, 0.1) is 103 Å². The molecule has 18 N–H and O–H groups in total. The summed E-state index contributed by atoms with van der Waals surface area (Å²) in [6.07, 6.45) is 1.34. The molecule has 10 rings (SSSR count). The summed E-state index contributed by atoms with van der Waals surface area (Å²) >= 11 is 60.7. The third-order valence-electron chi connectivity index (χ3n) is 15.4. The summed E-state index contributed by atoms with van der Waals surface area (Å²) in [6.45, 7) is 7.45. The van der Waals surface area contributed by atoms with Crippen LogP contribution in [0.15, 0.2) is 91.0 Å². The summed E-state index contributed by atoms with van der Waals surface area (Å²) < 4.78 is 20.7. The van der Waals surface area contributed by atoms with Crippen LogP contribution < -0.4 is 39.6 Å². The number of hydrogen-bond acceptors (Lipinski definition) is 34. The van der Waals surface area contributed by atoms with Crippen molar-refractivity contribution in [2.45, 2.75) is 65.1 Å². The van der Waals surface area contributed by atoms with Crippen LogP contribution in [0.1, 0.15) is 51.1 Å². The summed E-state index contributed by atoms with van der Waals surface area (Å²) in [7, 11) is 3.08. The molecule has 10 aromatic rings. The van der Waals surface area contributed by atoms with E-state index in [-0.39, 0.29) is 86.9 Å². The monoisotopic (exact) mass is 1790 g/mol. The molecule has 5 heterocycles. The highest BCUT2D eigenvalue weighted by Gasteiger charge is 2.29. The number of rotatable bonds is 34. The number of aromatic nitrogens is 15. The van der Waals surface area contributed by atoms with Crippen LogP contribution in [-0.2, 0) is 47.9 Å². The largest absolute Gasteiger partial charge is 0.396 e. The lowest BCUT2D eigenvalue weighted by Crippen LogP contribution is -2.32. The first-order valence-electron chi connectivity index (χ1n) is 34.4. The Kier molecular flexibility index (Phi) is 40.7. The maximum Gasteiger partial charge on any atom is 0.268 e. The van der Waals surface area contributed by atoms with Crippen LogP contribution in [0, 0.1) is 10.8 Å². The van der Waals surface area contributed by atoms with Gasteiger partial charge in [0, 0.05) is 85.3 Å². The first-order valence-corrected chi connectivity index (χ1v) is 38.1. The van der Waals surface area contributed by atoms with Gasteiger partial charge >= 0.3 is 0 Å². The number of hydrogen-bond donors (Lipinski definition) is 13. The number of aliphatic hydroxyl groups is 6. The number of nitrogens with one attached hydrogen (secondary N) is 2. The molecule has 44 heteroatoms. The maximum absolute atomic E-state index is 9.72. The molecule has 34 nitrogen and oxygen atoms in total. The van der Waals surface area contributed by atoms with E-state index < -0.39 is 29.6 Å². The molecule has 115 heavy (non-hydrogen) atoms. The van der Waals surface area contributed by atoms with Crippen molar-refractivity contribution in [1.82, 2.24) is 75.9 Å². The van der Waals surface area contributed by atoms with Gasteiger partial charge in [-0.3, -0.25) is 9.68 Å². The smallest absolute Gasteiger partial charge is 0.268 e. The Morgan fingerprint density at radius 2 is 0.730 bits per heavy atom. The minimum Gasteiger partial charge on any atom is -0.396 e. The molecule has 0 aliphatic carbocycles. The highest BCUT2D eigenvalue weighted by molar-refractivity contribution is 6.46. The topological polar surface area (TPSA) is 524 Å². The van der Waals surface area contributed by atoms with Crippen LogP contribution in [0.3, 0.4) is 0 Å². The second kappa shape index (κ2) is 48.8. The average molecular weight is 1790 g/mol. The zero-order chi connectivity index (χ0) is 84.4. The third kappa shape index (κ3) is 29.6. The predicted octanol–water partition coefficient (Wildman–Crippen LogP) is 11.3. The van der Waals surface area contributed by atoms with E-state index in [1.54, 1.807) is 105 Å². The molecule has 0 aliphatic heterocycles. The number of nitrogen functional groups attached to an aromatic ring is 5. The molecule has 5 aromatic heterocycles. The van der Waals surface area contributed by atoms with Crippen molar-refractivity contribution in [2.75, 3.05) is 133 Å². The van der Waals surface area contributed by atoms with Crippen molar-refractivity contribution < 1.29 is 59.3 Å². The van der Waals surface area contributed by atoms with Crippen molar-refractivity contribution in [3.63, 3.8) is 0 Å². The van der Waals surface area contributed by atoms with Gasteiger partial charge in [-0.15, -0.1) is 51.0 Å². The minimum absolute atomic E-state index is 0.00420. The van der Waals surface area contributed by atoms with Gasteiger partial charge in [-0.1, -0.05) is 197 Å². The highest BCUT2D eigenvalue weighted by Crippen LogP contribution is 2.40. The summed E-state index contributed by atoms with van der Waals surface area (Å²) in [4.78, 5) is 30.7. The van der Waals surface area contributed by atoms with Crippen molar-refractivity contribution in [3.05, 3.63) is 159 Å². The Labute approximate surface area is 711 Å². The van der Waals surface area contributed by atoms with Crippen LogP contribution in [0.25, 0.3) is 56.3 Å². The summed E-state index contributed by atoms with van der Waals surface area (Å²) in [5.41, 5.74) is 37.7. The number of methoxy groups -OCH3 is 2. The minimum atomic E-state index is -1.01. The molecule has 0 spiro atoms. The molecule has 3 atom stereocenters. The highest BCUT2D eigenvalue weighted by atomic mass is 35.5. The zero-order valence-corrected chi connectivity index (χ0v) is 69.9. The molecule has 0 bridgehead atoms. The van der Waals surface area contributed by atoms with E-state index in [1.165, 1.54) is 7.11 Å². The number of halogens is 10. The second-order valence-electron chi connectivity index (χ2n) is 25.1. The van der Waals surface area contributed by atoms with Crippen LogP contribution in [0.5, 0.6) is 0 Å². The Morgan fingerprint density at radius 3 is 1.06 bits per heavy atom. The number of aliphatic hydroxyl groups excluding tert-OH is 6. The average Bonchev–Trinajstić information content (AvgIpc) is 0.812. The summed E-state index contributed by atoms with van der Waals surface area (Å²) in [5, 5.41) is 99.3. The van der Waals surface area contributed by atoms with Crippen molar-refractivity contribution >= 4 is 157 Å². The number of nitrogens with zero attached hydrogens (tertiary/aromatic N) is 15. The fourth-order valence-electron chi connectivity index (χ4n) is 9.35. The van der Waals surface area contributed by atoms with Crippen molar-refractivity contribution in [2.24, 2.45) is 10.8 Å². The molecule has 0 aliphatic rings. The number of aryl methyl sites for hydroxylation is 1. The predicted molar refractivity (Wildman–Crippen MR) is 446 cm³/mol. The van der Waals surface area contributed by atoms with E-state index in [0.717, 1.165) is 19.4 Å². The van der Waals surface area contributed by atoms with Gasteiger partial charge in [0.1, 0.15) is 53.9 Å². The molecule has 0 radical (unpaired) electrons. The number of anilines is 7. The molecule has 620 valence electrons. The van der Waals surface area contributed by atoms with Gasteiger partial charge in [-0.05, 0) is 43.2 Å². The van der Waals surface area contributed by atoms with Gasteiger partial charge in [0.2, 0.25) is 0 Å². The Hall–Kier alpha value is -7.83. The fraction of sp³-hybridized carbons (Fsp3) is 0.366. The number of ether oxygens (including phenoxy) is 4. The Morgan fingerprint density at radius 1 is 0.391 bits per heavy atom. The normalized spacial score (nSPS) is 12.1. The molecule has 0 saturated carbocycles. The zero-order valence-electron chi connectivity index (χ0n) is 62.3. The molecule has 0 fully saturated rings. The number of benzene rings is 5. The first kappa shape index (κ1) is 96.0. The molecule has 0 amide bonds. The first-order chi connectivity index (χ1) is 55.0. The van der Waals surface area contributed by atoms with E-state index in [9.17, 15) is 20.4 Å². The summed E-state index contributed by atoms with van der Waals surface area (Å²) in [6, 6.07) is 25.7. The lowest BCUT2D eigenvalue weighted by Gasteiger charge is -2.26. The van der Waals surface area contributed by atoms with Crippen molar-refractivity contribution in [3.8, 4) is 56.3 Å². The third-order valence-corrected chi connectivity index (χ3v) is 19.5. The van der Waals surface area contributed by atoms with E-state index in [4.69, 9.17) is 184 Å². The lowest BCUT2D eigenvalue weighted by molar-refractivity contribution is -0.00308. The van der Waals surface area contributed by atoms with E-state index in [1.807, 2.05) is 6.92 Å². The second-order valence-corrected chi connectivity index (χ2v) is 29.0. The Balaban J connectivity index is 0.000000224. The van der Waals surface area contributed by atoms with Gasteiger partial charge in [0.15, 0.2) is 46.6 Å². The molecular weight excluding hydrogens is 1710 g/mol. The van der Waals surface area contributed by atoms with E-state index in [0.29, 0.717) is 163 Å². The summed E-state index contributed by atoms with van der Waals surface area (Å²) in [5.74, 6) is 2.23. The SMILES string of the molecule is CC(CO)(CO)Cc1nnc(-c2cccc(Cl)c2Cl)c(N)n1.CCCOCCCc1nnc(-c2cccc(Cl)c2Cl)c(N)n1.COCC(O)CONc1nnc(-c2cccc(Cl)c2Cl)c(N)n1.COCCOCC(C)(CO)Cc1nnc(-c2cccc(Cl)c2Cl)c(N)n1.Nc1nc(NOCC(O)CO)nnc1-c1cccc(Cl)c1Cl. The van der Waals surface area contributed by atoms with Gasteiger partial charge in [-0.2, -0.15) is 9.97 Å². The molecule has 3 unspecified atom stereocenters. The Bertz CT molecular complexity index is 4750. The standard InChI is InChI=1S/C17H22Cl2N4O3.C15H18Cl2N4O.C14H16Cl2N4O2.C13H15Cl2N5O3.C12H13Cl2N5O3/c1-17(9-24,10-26-7-6-25-2)8-13-21-16(20)15(23-22-13)11-4-3-5-12(18)14(11)19;1-2-8-22-9-4-7-12-19-15(18)14(21-20-12)10-5-3-6-11(16)13(10)17;1-14(6-21,7-22)5-10-18-13(17)12(20-19-10)8-3-2-4-9(15)11(8)16;1-22-5-7(21)6-23-20-13-17-12(16)11(18-19-13)8-3-2-4-9(14)10(8)15;13-8-3-1-2-7(9(8)14)10-11(15)16-12(18-17-10)19-22-5-6(21)4-20/h3-5,24H,6-10H2,1-2H3,(H2,20,21,22);3,5-6H,2,4,7-9H2,1H3,(H2,18,19,20);2-4,21-22H,5-7H2,1H3,(H2,17,18,19);2-4,7,21H,5-6H2,1H3,(H3,16,17,19,20);1-3,6,20-21H,4-5H2,(H3,15,16,18,19). The van der Waals surface area contributed by atoms with E-state index in [2.05, 4.69) is 93.8 Å². The lowest BCUT2D eigenvalue weighted by atomic mass is 9.88. The van der Waals surface area contributed by atoms with E-state index >= 15 is 0 Å². The number of nitrogens with two attached hydrogens (primary N) is 5. The van der Waals surface area contributed by atoms with Gasteiger partial charge in [-0.25, -0.2) is 25.9 Å². The van der Waals surface area contributed by atoms with Crippen LogP contribution in [0.4, 0.5) is 41.0 Å². The van der Waals surface area contributed by atoms with Crippen molar-refractivity contribution in [1.29, 1.82) is 0 Å². The maximum atomic E-state index is 9.72. The quantitative estimate of drug-likeness (QED) is 0.0132.